The van der Waals surface area contributed by atoms with Gasteiger partial charge in [0.25, 0.3) is 0 Å². The third kappa shape index (κ3) is 4.09. The van der Waals surface area contributed by atoms with E-state index in [1.807, 2.05) is 0 Å². The summed E-state index contributed by atoms with van der Waals surface area (Å²) in [5, 5.41) is 0. The number of ether oxygens (including phenoxy) is 1. The standard InChI is InChI=1S/C16H25N3O3S/c20-23(21,16-5-3-7-17-14-16)19-8-2-1-4-15(19)6-9-18-10-12-22-13-11-18/h3,5,7,14-15H,1-2,4,6,8-13H2/t15-/m0/s1. The molecule has 1 aromatic heterocycles. The van der Waals surface area contributed by atoms with Crippen LogP contribution in [0, 0.1) is 0 Å². The minimum absolute atomic E-state index is 0.0943. The maximum absolute atomic E-state index is 12.9. The summed E-state index contributed by atoms with van der Waals surface area (Å²) in [5.41, 5.74) is 0. The average Bonchev–Trinajstić information content (AvgIpc) is 2.62. The van der Waals surface area contributed by atoms with Crippen molar-refractivity contribution in [1.29, 1.82) is 0 Å². The van der Waals surface area contributed by atoms with Crippen molar-refractivity contribution in [3.05, 3.63) is 24.5 Å². The molecule has 0 aliphatic carbocycles. The molecule has 0 bridgehead atoms. The van der Waals surface area contributed by atoms with Crippen molar-refractivity contribution in [3.8, 4) is 0 Å². The summed E-state index contributed by atoms with van der Waals surface area (Å²) in [7, 11) is -3.44. The van der Waals surface area contributed by atoms with Gasteiger partial charge < -0.3 is 4.74 Å². The Morgan fingerprint density at radius 2 is 2.04 bits per heavy atom. The molecule has 3 rings (SSSR count). The number of morpholine rings is 1. The summed E-state index contributed by atoms with van der Waals surface area (Å²) < 4.78 is 32.9. The van der Waals surface area contributed by atoms with Crippen LogP contribution in [0.2, 0.25) is 0 Å². The lowest BCUT2D eigenvalue weighted by molar-refractivity contribution is 0.0340. The molecule has 0 unspecified atom stereocenters. The van der Waals surface area contributed by atoms with E-state index in [2.05, 4.69) is 9.88 Å². The van der Waals surface area contributed by atoms with Crippen molar-refractivity contribution in [2.45, 2.75) is 36.6 Å². The van der Waals surface area contributed by atoms with Gasteiger partial charge in [-0.1, -0.05) is 6.42 Å². The smallest absolute Gasteiger partial charge is 0.244 e. The first-order chi connectivity index (χ1) is 11.2. The molecule has 1 atom stereocenters. The topological polar surface area (TPSA) is 62.7 Å². The largest absolute Gasteiger partial charge is 0.379 e. The molecule has 0 N–H and O–H groups in total. The minimum atomic E-state index is -3.44. The number of pyridine rings is 1. The zero-order chi connectivity index (χ0) is 16.1. The van der Waals surface area contributed by atoms with E-state index in [-0.39, 0.29) is 6.04 Å². The van der Waals surface area contributed by atoms with Crippen molar-refractivity contribution >= 4 is 10.0 Å². The summed E-state index contributed by atoms with van der Waals surface area (Å²) in [4.78, 5) is 6.63. The van der Waals surface area contributed by atoms with Crippen molar-refractivity contribution in [3.63, 3.8) is 0 Å². The molecule has 2 fully saturated rings. The van der Waals surface area contributed by atoms with Crippen LogP contribution in [-0.2, 0) is 14.8 Å². The van der Waals surface area contributed by atoms with Crippen LogP contribution in [0.1, 0.15) is 25.7 Å². The molecule has 0 spiro atoms. The molecule has 23 heavy (non-hydrogen) atoms. The molecule has 0 radical (unpaired) electrons. The Bertz CT molecular complexity index is 588. The van der Waals surface area contributed by atoms with E-state index >= 15 is 0 Å². The highest BCUT2D eigenvalue weighted by atomic mass is 32.2. The highest BCUT2D eigenvalue weighted by molar-refractivity contribution is 7.89. The van der Waals surface area contributed by atoms with Gasteiger partial charge in [-0.2, -0.15) is 4.31 Å². The second-order valence-corrected chi connectivity index (χ2v) is 8.09. The highest BCUT2D eigenvalue weighted by Crippen LogP contribution is 2.27. The number of aromatic nitrogens is 1. The van der Waals surface area contributed by atoms with Gasteiger partial charge in [-0.05, 0) is 37.9 Å². The molecular weight excluding hydrogens is 314 g/mol. The van der Waals surface area contributed by atoms with Gasteiger partial charge in [0.15, 0.2) is 0 Å². The van der Waals surface area contributed by atoms with Crippen LogP contribution in [-0.4, -0.2) is 68.0 Å². The van der Waals surface area contributed by atoms with Gasteiger partial charge in [0.1, 0.15) is 4.90 Å². The Balaban J connectivity index is 1.68. The van der Waals surface area contributed by atoms with Gasteiger partial charge in [-0.15, -0.1) is 0 Å². The molecule has 0 aromatic carbocycles. The second kappa shape index (κ2) is 7.70. The molecule has 7 heteroatoms. The summed E-state index contributed by atoms with van der Waals surface area (Å²) in [6, 6.07) is 3.41. The number of rotatable bonds is 5. The lowest BCUT2D eigenvalue weighted by Gasteiger charge is -2.36. The average molecular weight is 339 g/mol. The normalized spacial score (nSPS) is 24.6. The van der Waals surface area contributed by atoms with Gasteiger partial charge in [0.2, 0.25) is 10.0 Å². The molecule has 1 aromatic rings. The first-order valence-corrected chi connectivity index (χ1v) is 9.84. The Labute approximate surface area is 138 Å². The maximum atomic E-state index is 12.9. The van der Waals surface area contributed by atoms with Crippen LogP contribution < -0.4 is 0 Å². The van der Waals surface area contributed by atoms with Crippen LogP contribution >= 0.6 is 0 Å². The Morgan fingerprint density at radius 1 is 1.22 bits per heavy atom. The molecule has 2 saturated heterocycles. The van der Waals surface area contributed by atoms with E-state index in [0.717, 1.165) is 58.5 Å². The third-order valence-corrected chi connectivity index (χ3v) is 6.63. The van der Waals surface area contributed by atoms with Gasteiger partial charge >= 0.3 is 0 Å². The van der Waals surface area contributed by atoms with Crippen LogP contribution in [0.25, 0.3) is 0 Å². The Hall–Kier alpha value is -1.02. The Morgan fingerprint density at radius 3 is 2.78 bits per heavy atom. The highest BCUT2D eigenvalue weighted by Gasteiger charge is 2.33. The molecule has 0 amide bonds. The summed E-state index contributed by atoms with van der Waals surface area (Å²) in [6.45, 7) is 5.01. The van der Waals surface area contributed by atoms with E-state index < -0.39 is 10.0 Å². The van der Waals surface area contributed by atoms with Crippen LogP contribution in [0.4, 0.5) is 0 Å². The van der Waals surface area contributed by atoms with Crippen molar-refractivity contribution in [1.82, 2.24) is 14.2 Å². The maximum Gasteiger partial charge on any atom is 0.244 e. The Kier molecular flexibility index (Phi) is 5.63. The molecule has 0 saturated carbocycles. The van der Waals surface area contributed by atoms with E-state index in [1.54, 1.807) is 22.6 Å². The number of hydrogen-bond donors (Lipinski definition) is 0. The van der Waals surface area contributed by atoms with Gasteiger partial charge in [-0.3, -0.25) is 9.88 Å². The van der Waals surface area contributed by atoms with Gasteiger partial charge in [0, 0.05) is 38.1 Å². The number of nitrogens with zero attached hydrogens (tertiary/aromatic N) is 3. The molecule has 128 valence electrons. The number of sulfonamides is 1. The molecule has 6 nitrogen and oxygen atoms in total. The van der Waals surface area contributed by atoms with Crippen molar-refractivity contribution in [2.24, 2.45) is 0 Å². The lowest BCUT2D eigenvalue weighted by atomic mass is 10.0. The van der Waals surface area contributed by atoms with Gasteiger partial charge in [-0.25, -0.2) is 8.42 Å². The monoisotopic (exact) mass is 339 g/mol. The molecule has 3 heterocycles. The lowest BCUT2D eigenvalue weighted by Crippen LogP contribution is -2.46. The van der Waals surface area contributed by atoms with E-state index in [4.69, 9.17) is 4.74 Å². The SMILES string of the molecule is O=S(=O)(c1cccnc1)N1CCCC[C@H]1CCN1CCOCC1. The van der Waals surface area contributed by atoms with Gasteiger partial charge in [0.05, 0.1) is 13.2 Å². The summed E-state index contributed by atoms with van der Waals surface area (Å²) >= 11 is 0. The molecular formula is C16H25N3O3S. The van der Waals surface area contributed by atoms with Crippen molar-refractivity contribution in [2.75, 3.05) is 39.4 Å². The first kappa shape index (κ1) is 16.8. The fourth-order valence-electron chi connectivity index (χ4n) is 3.37. The zero-order valence-corrected chi connectivity index (χ0v) is 14.2. The minimum Gasteiger partial charge on any atom is -0.379 e. The van der Waals surface area contributed by atoms with Crippen LogP contribution in [0.3, 0.4) is 0 Å². The summed E-state index contributed by atoms with van der Waals surface area (Å²) in [6.07, 6.45) is 6.93. The quantitative estimate of drug-likeness (QED) is 0.810. The fourth-order valence-corrected chi connectivity index (χ4v) is 5.06. The predicted octanol–water partition coefficient (Wildman–Crippen LogP) is 1.35. The van der Waals surface area contributed by atoms with Crippen LogP contribution in [0.15, 0.2) is 29.4 Å². The predicted molar refractivity (Wildman–Crippen MR) is 87.6 cm³/mol. The second-order valence-electron chi connectivity index (χ2n) is 6.20. The van der Waals surface area contributed by atoms with Crippen molar-refractivity contribution < 1.29 is 13.2 Å². The molecule has 2 aliphatic heterocycles. The molecule has 2 aliphatic rings. The fraction of sp³-hybridized carbons (Fsp3) is 0.688. The third-order valence-electron chi connectivity index (χ3n) is 4.70. The van der Waals surface area contributed by atoms with E-state index in [0.29, 0.717) is 11.4 Å². The zero-order valence-electron chi connectivity index (χ0n) is 13.4. The van der Waals surface area contributed by atoms with E-state index in [9.17, 15) is 8.42 Å². The number of piperidine rings is 1. The first-order valence-electron chi connectivity index (χ1n) is 8.40. The number of hydrogen-bond acceptors (Lipinski definition) is 5. The van der Waals surface area contributed by atoms with E-state index in [1.165, 1.54) is 6.20 Å². The summed E-state index contributed by atoms with van der Waals surface area (Å²) in [5.74, 6) is 0. The van der Waals surface area contributed by atoms with Crippen LogP contribution in [0.5, 0.6) is 0 Å².